The number of rotatable bonds is 8. The summed E-state index contributed by atoms with van der Waals surface area (Å²) in [4.78, 5) is 36.6. The van der Waals surface area contributed by atoms with Gasteiger partial charge in [0.25, 0.3) is 0 Å². The molecule has 9 nitrogen and oxygen atoms in total. The van der Waals surface area contributed by atoms with Crippen LogP contribution in [0, 0.1) is 0 Å². The number of nitrogens with one attached hydrogen (secondary N) is 2. The van der Waals surface area contributed by atoms with E-state index in [9.17, 15) is 14.4 Å². The molecule has 28 heavy (non-hydrogen) atoms. The van der Waals surface area contributed by atoms with Gasteiger partial charge < -0.3 is 29.6 Å². The first-order valence-electron chi connectivity index (χ1n) is 8.81. The lowest BCUT2D eigenvalue weighted by atomic mass is 10.0. The fraction of sp³-hybridized carbons (Fsp3) is 0.421. The third-order valence-corrected chi connectivity index (χ3v) is 4.11. The first-order chi connectivity index (χ1) is 13.4. The van der Waals surface area contributed by atoms with Crippen molar-refractivity contribution in [3.8, 4) is 11.5 Å². The molecule has 1 heterocycles. The summed E-state index contributed by atoms with van der Waals surface area (Å²) in [5, 5.41) is 5.18. The molecule has 1 aliphatic rings. The molecule has 1 aromatic carbocycles. The van der Waals surface area contributed by atoms with Crippen LogP contribution in [0.5, 0.6) is 11.5 Å². The Kier molecular flexibility index (Phi) is 7.25. The van der Waals surface area contributed by atoms with E-state index in [1.165, 1.54) is 26.4 Å². The van der Waals surface area contributed by atoms with Crippen molar-refractivity contribution < 1.29 is 33.3 Å². The maximum Gasteiger partial charge on any atom is 0.338 e. The van der Waals surface area contributed by atoms with Crippen molar-refractivity contribution in [2.45, 2.75) is 26.3 Å². The average Bonchev–Trinajstić information content (AvgIpc) is 2.70. The summed E-state index contributed by atoms with van der Waals surface area (Å²) in [5.41, 5.74) is 0.676. The van der Waals surface area contributed by atoms with E-state index in [2.05, 4.69) is 10.6 Å². The van der Waals surface area contributed by atoms with E-state index < -0.39 is 24.0 Å². The Morgan fingerprint density at radius 3 is 2.36 bits per heavy atom. The average molecular weight is 392 g/mol. The van der Waals surface area contributed by atoms with Crippen LogP contribution >= 0.6 is 0 Å². The molecule has 0 bridgehead atoms. The summed E-state index contributed by atoms with van der Waals surface area (Å²) < 4.78 is 20.7. The zero-order chi connectivity index (χ0) is 20.7. The third-order valence-electron chi connectivity index (χ3n) is 4.11. The van der Waals surface area contributed by atoms with E-state index in [1.54, 1.807) is 13.0 Å². The lowest BCUT2D eigenvalue weighted by molar-refractivity contribution is -0.139. The van der Waals surface area contributed by atoms with E-state index in [0.29, 0.717) is 17.9 Å². The van der Waals surface area contributed by atoms with Crippen LogP contribution in [0.2, 0.25) is 0 Å². The Morgan fingerprint density at radius 1 is 1.04 bits per heavy atom. The maximum absolute atomic E-state index is 12.4. The van der Waals surface area contributed by atoms with E-state index in [4.69, 9.17) is 18.9 Å². The number of amides is 2. The molecular formula is C19H24N2O7. The van der Waals surface area contributed by atoms with Crippen LogP contribution in [-0.2, 0) is 14.3 Å². The Bertz CT molecular complexity index is 788. The van der Waals surface area contributed by atoms with Crippen molar-refractivity contribution in [2.24, 2.45) is 0 Å². The molecule has 0 aromatic heterocycles. The highest BCUT2D eigenvalue weighted by Gasteiger charge is 2.32. The number of hydrogen-bond donors (Lipinski definition) is 2. The molecule has 0 spiro atoms. The van der Waals surface area contributed by atoms with Gasteiger partial charge in [-0.15, -0.1) is 0 Å². The summed E-state index contributed by atoms with van der Waals surface area (Å²) in [5.74, 6) is -0.358. The number of urea groups is 1. The molecule has 0 saturated heterocycles. The largest absolute Gasteiger partial charge is 0.493 e. The van der Waals surface area contributed by atoms with Gasteiger partial charge in [-0.3, -0.25) is 0 Å². The predicted octanol–water partition coefficient (Wildman–Crippen LogP) is 1.77. The van der Waals surface area contributed by atoms with E-state index in [0.717, 1.165) is 0 Å². The van der Waals surface area contributed by atoms with Crippen LogP contribution in [-0.4, -0.2) is 51.4 Å². The first kappa shape index (κ1) is 21.1. The Morgan fingerprint density at radius 2 is 1.75 bits per heavy atom. The van der Waals surface area contributed by atoms with Gasteiger partial charge in [-0.1, -0.05) is 6.92 Å². The number of hydrogen-bond acceptors (Lipinski definition) is 7. The van der Waals surface area contributed by atoms with Gasteiger partial charge in [0.15, 0.2) is 11.5 Å². The summed E-state index contributed by atoms with van der Waals surface area (Å²) in [6, 6.07) is 3.59. The van der Waals surface area contributed by atoms with Crippen molar-refractivity contribution in [3.63, 3.8) is 0 Å². The summed E-state index contributed by atoms with van der Waals surface area (Å²) in [7, 11) is 2.95. The van der Waals surface area contributed by atoms with Gasteiger partial charge in [-0.25, -0.2) is 14.4 Å². The monoisotopic (exact) mass is 392 g/mol. The number of methoxy groups -OCH3 is 2. The van der Waals surface area contributed by atoms with E-state index in [1.807, 2.05) is 6.92 Å². The number of carbonyl (C=O) groups excluding carboxylic acids is 3. The van der Waals surface area contributed by atoms with Crippen LogP contribution in [0.3, 0.4) is 0 Å². The van der Waals surface area contributed by atoms with Crippen molar-refractivity contribution in [2.75, 3.05) is 27.4 Å². The van der Waals surface area contributed by atoms with Gasteiger partial charge >= 0.3 is 18.0 Å². The number of benzene rings is 1. The molecule has 1 aromatic rings. The highest BCUT2D eigenvalue weighted by molar-refractivity contribution is 5.95. The predicted molar refractivity (Wildman–Crippen MR) is 99.2 cm³/mol. The number of ether oxygens (including phenoxy) is 4. The molecule has 2 N–H and O–H groups in total. The van der Waals surface area contributed by atoms with Crippen LogP contribution in [0.25, 0.3) is 0 Å². The zero-order valence-corrected chi connectivity index (χ0v) is 16.3. The Balaban J connectivity index is 2.22. The molecule has 0 saturated carbocycles. The molecule has 2 rings (SSSR count). The SMILES string of the molecule is CCOC(=O)C1=C(COC(=O)c2ccc(OC)c(OC)c2)NC(=O)N[C@H]1CC. The minimum Gasteiger partial charge on any atom is -0.493 e. The van der Waals surface area contributed by atoms with Gasteiger partial charge in [-0.05, 0) is 31.5 Å². The van der Waals surface area contributed by atoms with Crippen LogP contribution in [0.4, 0.5) is 4.79 Å². The number of esters is 2. The minimum absolute atomic E-state index is 0.186. The lowest BCUT2D eigenvalue weighted by Gasteiger charge is -2.28. The van der Waals surface area contributed by atoms with Gasteiger partial charge in [0.05, 0.1) is 43.7 Å². The molecule has 1 aliphatic heterocycles. The molecule has 0 aliphatic carbocycles. The molecule has 0 fully saturated rings. The van der Waals surface area contributed by atoms with Crippen molar-refractivity contribution in [1.29, 1.82) is 0 Å². The van der Waals surface area contributed by atoms with Crippen molar-refractivity contribution >= 4 is 18.0 Å². The van der Waals surface area contributed by atoms with Crippen molar-refractivity contribution in [1.82, 2.24) is 10.6 Å². The van der Waals surface area contributed by atoms with Gasteiger partial charge in [-0.2, -0.15) is 0 Å². The zero-order valence-electron chi connectivity index (χ0n) is 16.3. The van der Waals surface area contributed by atoms with Crippen LogP contribution in [0.1, 0.15) is 30.6 Å². The standard InChI is InChI=1S/C19H24N2O7/c1-5-12-16(18(23)27-6-2)13(21-19(24)20-12)10-28-17(22)11-7-8-14(25-3)15(9-11)26-4/h7-9,12H,5-6,10H2,1-4H3,(H2,20,21,24)/t12-/m0/s1. The molecule has 9 heteroatoms. The highest BCUT2D eigenvalue weighted by Crippen LogP contribution is 2.28. The third kappa shape index (κ3) is 4.73. The lowest BCUT2D eigenvalue weighted by Crippen LogP contribution is -2.51. The summed E-state index contributed by atoms with van der Waals surface area (Å²) in [6.45, 7) is 3.41. The molecule has 152 valence electrons. The smallest absolute Gasteiger partial charge is 0.338 e. The van der Waals surface area contributed by atoms with Gasteiger partial charge in [0.1, 0.15) is 6.61 Å². The fourth-order valence-corrected chi connectivity index (χ4v) is 2.76. The molecule has 1 atom stereocenters. The van der Waals surface area contributed by atoms with Crippen LogP contribution < -0.4 is 20.1 Å². The first-order valence-corrected chi connectivity index (χ1v) is 8.81. The Hall–Kier alpha value is -3.23. The summed E-state index contributed by atoms with van der Waals surface area (Å²) in [6.07, 6.45) is 0.481. The van der Waals surface area contributed by atoms with Crippen LogP contribution in [0.15, 0.2) is 29.5 Å². The van der Waals surface area contributed by atoms with Gasteiger partial charge in [0.2, 0.25) is 0 Å². The minimum atomic E-state index is -0.641. The number of carbonyl (C=O) groups is 3. The van der Waals surface area contributed by atoms with E-state index in [-0.39, 0.29) is 30.0 Å². The second kappa shape index (κ2) is 9.63. The second-order valence-electron chi connectivity index (χ2n) is 5.82. The maximum atomic E-state index is 12.4. The highest BCUT2D eigenvalue weighted by atomic mass is 16.5. The summed E-state index contributed by atoms with van der Waals surface area (Å²) >= 11 is 0. The Labute approximate surface area is 163 Å². The molecule has 0 radical (unpaired) electrons. The topological polar surface area (TPSA) is 112 Å². The molecular weight excluding hydrogens is 368 g/mol. The normalized spacial score (nSPS) is 16.0. The second-order valence-corrected chi connectivity index (χ2v) is 5.82. The molecule has 2 amide bonds. The van der Waals surface area contributed by atoms with E-state index >= 15 is 0 Å². The van der Waals surface area contributed by atoms with Crippen molar-refractivity contribution in [3.05, 3.63) is 35.0 Å². The molecule has 0 unspecified atom stereocenters. The van der Waals surface area contributed by atoms with Gasteiger partial charge in [0, 0.05) is 0 Å². The fourth-order valence-electron chi connectivity index (χ4n) is 2.76. The quantitative estimate of drug-likeness (QED) is 0.649.